The first kappa shape index (κ1) is 8.52. The van der Waals surface area contributed by atoms with Crippen molar-refractivity contribution in [3.63, 3.8) is 0 Å². The number of hydrogen-bond donors (Lipinski definition) is 2. The summed E-state index contributed by atoms with van der Waals surface area (Å²) < 4.78 is 0. The van der Waals surface area contributed by atoms with E-state index in [0.29, 0.717) is 11.6 Å². The molecule has 2 rings (SSSR count). The fourth-order valence-electron chi connectivity index (χ4n) is 2.98. The summed E-state index contributed by atoms with van der Waals surface area (Å²) in [6.45, 7) is 2.29. The van der Waals surface area contributed by atoms with Crippen LogP contribution in [-0.4, -0.2) is 17.6 Å². The number of nitrogens with two attached hydrogens (primary N) is 1. The van der Waals surface area contributed by atoms with Crippen molar-refractivity contribution < 1.29 is 0 Å². The maximum absolute atomic E-state index is 6.05. The Balaban J connectivity index is 2.10. The Kier molecular flexibility index (Phi) is 2.13. The van der Waals surface area contributed by atoms with Crippen molar-refractivity contribution in [3.8, 4) is 0 Å². The van der Waals surface area contributed by atoms with E-state index in [1.807, 2.05) is 0 Å². The second-order valence-corrected chi connectivity index (χ2v) is 4.57. The van der Waals surface area contributed by atoms with Crippen LogP contribution in [0.4, 0.5) is 0 Å². The Hall–Kier alpha value is -0.0800. The van der Waals surface area contributed by atoms with Gasteiger partial charge in [-0.05, 0) is 32.1 Å². The van der Waals surface area contributed by atoms with E-state index in [2.05, 4.69) is 12.2 Å². The largest absolute Gasteiger partial charge is 0.328 e. The average Bonchev–Trinajstić information content (AvgIpc) is 2.03. The number of nitrogens with one attached hydrogen (secondary N) is 1. The Morgan fingerprint density at radius 3 is 3.17 bits per heavy atom. The summed E-state index contributed by atoms with van der Waals surface area (Å²) in [5, 5.41) is 3.77. The molecule has 12 heavy (non-hydrogen) atoms. The van der Waals surface area contributed by atoms with Crippen LogP contribution in [-0.2, 0) is 0 Å². The molecule has 3 unspecified atom stereocenters. The van der Waals surface area contributed by atoms with Gasteiger partial charge in [-0.2, -0.15) is 0 Å². The molecule has 2 nitrogen and oxygen atoms in total. The van der Waals surface area contributed by atoms with Crippen molar-refractivity contribution in [1.29, 1.82) is 0 Å². The topological polar surface area (TPSA) is 38.0 Å². The number of fused-ring (bicyclic) bond motifs is 2. The molecular formula is C10H20N2. The number of rotatable bonds is 1. The molecule has 0 aromatic heterocycles. The van der Waals surface area contributed by atoms with Crippen LogP contribution >= 0.6 is 0 Å². The molecular weight excluding hydrogens is 148 g/mol. The second kappa shape index (κ2) is 3.00. The van der Waals surface area contributed by atoms with E-state index in [0.717, 1.165) is 6.04 Å². The molecule has 0 aromatic carbocycles. The summed E-state index contributed by atoms with van der Waals surface area (Å²) in [4.78, 5) is 0. The molecule has 0 saturated carbocycles. The number of hydrogen-bond acceptors (Lipinski definition) is 2. The second-order valence-electron chi connectivity index (χ2n) is 4.57. The predicted octanol–water partition coefficient (Wildman–Crippen LogP) is 1.40. The van der Waals surface area contributed by atoms with Crippen molar-refractivity contribution in [2.75, 3.05) is 0 Å². The number of piperidine rings is 2. The summed E-state index contributed by atoms with van der Waals surface area (Å²) >= 11 is 0. The van der Waals surface area contributed by atoms with E-state index in [-0.39, 0.29) is 0 Å². The van der Waals surface area contributed by atoms with E-state index < -0.39 is 0 Å². The van der Waals surface area contributed by atoms with E-state index >= 15 is 0 Å². The van der Waals surface area contributed by atoms with Gasteiger partial charge in [-0.3, -0.25) is 0 Å². The Morgan fingerprint density at radius 2 is 2.42 bits per heavy atom. The first-order valence-electron chi connectivity index (χ1n) is 5.27. The summed E-state index contributed by atoms with van der Waals surface area (Å²) in [6, 6.07) is 1.18. The average molecular weight is 168 g/mol. The minimum absolute atomic E-state index is 0.417. The minimum Gasteiger partial charge on any atom is -0.328 e. The third-order valence-electron chi connectivity index (χ3n) is 3.64. The summed E-state index contributed by atoms with van der Waals surface area (Å²) in [7, 11) is 0. The van der Waals surface area contributed by atoms with Crippen molar-refractivity contribution in [3.05, 3.63) is 0 Å². The van der Waals surface area contributed by atoms with Crippen LogP contribution in [0.15, 0.2) is 0 Å². The zero-order chi connectivity index (χ0) is 8.60. The fourth-order valence-corrected chi connectivity index (χ4v) is 2.98. The summed E-state index contributed by atoms with van der Waals surface area (Å²) in [5.41, 5.74) is 6.46. The molecule has 0 aliphatic carbocycles. The van der Waals surface area contributed by atoms with Gasteiger partial charge in [-0.15, -0.1) is 0 Å². The lowest BCUT2D eigenvalue weighted by molar-refractivity contribution is 0.122. The quantitative estimate of drug-likeness (QED) is 0.621. The van der Waals surface area contributed by atoms with Crippen LogP contribution in [0.1, 0.15) is 45.4 Å². The summed E-state index contributed by atoms with van der Waals surface area (Å²) in [6.07, 6.45) is 7.72. The first-order valence-corrected chi connectivity index (χ1v) is 5.27. The van der Waals surface area contributed by atoms with Crippen LogP contribution in [0.2, 0.25) is 0 Å². The first-order chi connectivity index (χ1) is 5.74. The van der Waals surface area contributed by atoms with Crippen molar-refractivity contribution in [1.82, 2.24) is 5.32 Å². The van der Waals surface area contributed by atoms with Gasteiger partial charge in [0, 0.05) is 17.6 Å². The maximum atomic E-state index is 6.05. The highest BCUT2D eigenvalue weighted by molar-refractivity contribution is 5.01. The lowest BCUT2D eigenvalue weighted by Gasteiger charge is -2.48. The molecule has 2 fully saturated rings. The lowest BCUT2D eigenvalue weighted by atomic mass is 9.73. The van der Waals surface area contributed by atoms with Gasteiger partial charge in [-0.1, -0.05) is 13.3 Å². The lowest BCUT2D eigenvalue weighted by Crippen LogP contribution is -2.61. The predicted molar refractivity (Wildman–Crippen MR) is 51.0 cm³/mol. The SMILES string of the molecule is CCC12CCCC(CC(N)C1)N2. The molecule has 0 amide bonds. The smallest absolute Gasteiger partial charge is 0.0196 e. The van der Waals surface area contributed by atoms with E-state index in [4.69, 9.17) is 5.73 Å². The van der Waals surface area contributed by atoms with Gasteiger partial charge in [0.25, 0.3) is 0 Å². The Bertz CT molecular complexity index is 165. The van der Waals surface area contributed by atoms with E-state index in [9.17, 15) is 0 Å². The van der Waals surface area contributed by atoms with Gasteiger partial charge in [-0.25, -0.2) is 0 Å². The normalized spacial score (nSPS) is 47.5. The molecule has 2 aliphatic rings. The molecule has 0 aromatic rings. The van der Waals surface area contributed by atoms with Gasteiger partial charge in [0.1, 0.15) is 0 Å². The molecule has 2 aliphatic heterocycles. The third kappa shape index (κ3) is 1.38. The Morgan fingerprint density at radius 1 is 1.58 bits per heavy atom. The highest BCUT2D eigenvalue weighted by Gasteiger charge is 2.39. The van der Waals surface area contributed by atoms with Crippen molar-refractivity contribution in [2.45, 2.75) is 63.1 Å². The van der Waals surface area contributed by atoms with Crippen LogP contribution in [0, 0.1) is 0 Å². The molecule has 2 bridgehead atoms. The molecule has 70 valence electrons. The van der Waals surface area contributed by atoms with Crippen molar-refractivity contribution in [2.24, 2.45) is 5.73 Å². The molecule has 0 spiro atoms. The van der Waals surface area contributed by atoms with E-state index in [1.165, 1.54) is 38.5 Å². The zero-order valence-corrected chi connectivity index (χ0v) is 7.97. The van der Waals surface area contributed by atoms with Crippen LogP contribution in [0.25, 0.3) is 0 Å². The van der Waals surface area contributed by atoms with Gasteiger partial charge in [0.2, 0.25) is 0 Å². The maximum Gasteiger partial charge on any atom is 0.0196 e. The van der Waals surface area contributed by atoms with Crippen LogP contribution < -0.4 is 11.1 Å². The monoisotopic (exact) mass is 168 g/mol. The van der Waals surface area contributed by atoms with Gasteiger partial charge in [0.15, 0.2) is 0 Å². The molecule has 3 N–H and O–H groups in total. The molecule has 2 heterocycles. The molecule has 3 atom stereocenters. The highest BCUT2D eigenvalue weighted by atomic mass is 15.0. The molecule has 2 heteroatoms. The van der Waals surface area contributed by atoms with Crippen molar-refractivity contribution >= 4 is 0 Å². The van der Waals surface area contributed by atoms with Gasteiger partial charge >= 0.3 is 0 Å². The molecule has 2 saturated heterocycles. The van der Waals surface area contributed by atoms with Crippen LogP contribution in [0.3, 0.4) is 0 Å². The Labute approximate surface area is 74.9 Å². The standard InChI is InChI=1S/C10H20N2/c1-2-10-5-3-4-9(12-10)6-8(11)7-10/h8-9,12H,2-7,11H2,1H3. The zero-order valence-electron chi connectivity index (χ0n) is 7.97. The highest BCUT2D eigenvalue weighted by Crippen LogP contribution is 2.35. The minimum atomic E-state index is 0.417. The van der Waals surface area contributed by atoms with Crippen LogP contribution in [0.5, 0.6) is 0 Å². The van der Waals surface area contributed by atoms with E-state index in [1.54, 1.807) is 0 Å². The van der Waals surface area contributed by atoms with Gasteiger partial charge < -0.3 is 11.1 Å². The molecule has 0 radical (unpaired) electrons. The summed E-state index contributed by atoms with van der Waals surface area (Å²) in [5.74, 6) is 0. The van der Waals surface area contributed by atoms with Gasteiger partial charge in [0.05, 0.1) is 0 Å². The third-order valence-corrected chi connectivity index (χ3v) is 3.64. The fraction of sp³-hybridized carbons (Fsp3) is 1.00.